The van der Waals surface area contributed by atoms with Crippen molar-refractivity contribution < 1.29 is 9.47 Å². The first-order valence-electron chi connectivity index (χ1n) is 7.64. The average Bonchev–Trinajstić information content (AvgIpc) is 2.46. The molecule has 3 heteroatoms. The molecule has 0 bridgehead atoms. The van der Waals surface area contributed by atoms with Crippen LogP contribution >= 0.6 is 0 Å². The number of hydrogen-bond donors (Lipinski definition) is 1. The van der Waals surface area contributed by atoms with E-state index in [0.29, 0.717) is 19.3 Å². The van der Waals surface area contributed by atoms with Gasteiger partial charge in [0.15, 0.2) is 0 Å². The molecule has 2 atom stereocenters. The quantitative estimate of drug-likeness (QED) is 0.866. The molecule has 20 heavy (non-hydrogen) atoms. The van der Waals surface area contributed by atoms with Crippen molar-refractivity contribution in [3.63, 3.8) is 0 Å². The van der Waals surface area contributed by atoms with Crippen LogP contribution in [0.25, 0.3) is 0 Å². The van der Waals surface area contributed by atoms with Gasteiger partial charge in [-0.25, -0.2) is 0 Å². The molecule has 1 saturated heterocycles. The van der Waals surface area contributed by atoms with Crippen molar-refractivity contribution in [1.29, 1.82) is 0 Å². The smallest absolute Gasteiger partial charge is 0.0808 e. The van der Waals surface area contributed by atoms with Crippen molar-refractivity contribution in [2.75, 3.05) is 26.9 Å². The summed E-state index contributed by atoms with van der Waals surface area (Å²) in [5.74, 6) is 0. The van der Waals surface area contributed by atoms with Gasteiger partial charge in [-0.3, -0.25) is 0 Å². The highest BCUT2D eigenvalue weighted by atomic mass is 16.5. The Morgan fingerprint density at radius 2 is 2.20 bits per heavy atom. The third kappa shape index (κ3) is 4.30. The Labute approximate surface area is 122 Å². The van der Waals surface area contributed by atoms with E-state index in [-0.39, 0.29) is 6.04 Å². The number of hydrogen-bond acceptors (Lipinski definition) is 3. The van der Waals surface area contributed by atoms with E-state index in [9.17, 15) is 0 Å². The number of likely N-dealkylation sites (N-methyl/N-ethyl adjacent to an activating group) is 1. The molecule has 0 amide bonds. The van der Waals surface area contributed by atoms with Gasteiger partial charge < -0.3 is 14.8 Å². The lowest BCUT2D eigenvalue weighted by Gasteiger charge is -2.24. The van der Waals surface area contributed by atoms with Crippen molar-refractivity contribution in [3.05, 3.63) is 34.9 Å². The highest BCUT2D eigenvalue weighted by Gasteiger charge is 2.16. The predicted molar refractivity (Wildman–Crippen MR) is 82.1 cm³/mol. The summed E-state index contributed by atoms with van der Waals surface area (Å²) < 4.78 is 11.6. The molecule has 2 rings (SSSR count). The minimum atomic E-state index is 0.249. The molecule has 2 unspecified atom stereocenters. The molecule has 0 aliphatic carbocycles. The van der Waals surface area contributed by atoms with Gasteiger partial charge >= 0.3 is 0 Å². The Bertz CT molecular complexity index is 413. The van der Waals surface area contributed by atoms with E-state index in [0.717, 1.165) is 13.0 Å². The summed E-state index contributed by atoms with van der Waals surface area (Å²) >= 11 is 0. The fraction of sp³-hybridized carbons (Fsp3) is 0.647. The zero-order valence-electron chi connectivity index (χ0n) is 12.9. The highest BCUT2D eigenvalue weighted by Crippen LogP contribution is 2.20. The maximum atomic E-state index is 5.88. The second kappa shape index (κ2) is 7.77. The summed E-state index contributed by atoms with van der Waals surface area (Å²) in [4.78, 5) is 0. The van der Waals surface area contributed by atoms with E-state index in [4.69, 9.17) is 9.47 Å². The summed E-state index contributed by atoms with van der Waals surface area (Å²) in [5, 5.41) is 3.35. The standard InChI is InChI=1S/C17H27NO2/c1-13-7-8-16(14(2)10-13)17(18-3)12-19-11-15-6-4-5-9-20-15/h7-8,10,15,17-18H,4-6,9,11-12H2,1-3H3. The van der Waals surface area contributed by atoms with E-state index in [1.165, 1.54) is 29.5 Å². The number of ether oxygens (including phenoxy) is 2. The van der Waals surface area contributed by atoms with E-state index in [1.807, 2.05) is 7.05 Å². The summed E-state index contributed by atoms with van der Waals surface area (Å²) in [6.07, 6.45) is 3.88. The van der Waals surface area contributed by atoms with Crippen molar-refractivity contribution in [3.8, 4) is 0 Å². The first kappa shape index (κ1) is 15.5. The molecule has 0 radical (unpaired) electrons. The van der Waals surface area contributed by atoms with Gasteiger partial charge in [0.25, 0.3) is 0 Å². The van der Waals surface area contributed by atoms with Gasteiger partial charge in [-0.15, -0.1) is 0 Å². The molecule has 1 N–H and O–H groups in total. The van der Waals surface area contributed by atoms with Crippen LogP contribution in [0.3, 0.4) is 0 Å². The minimum Gasteiger partial charge on any atom is -0.377 e. The van der Waals surface area contributed by atoms with Crippen LogP contribution in [0.15, 0.2) is 18.2 Å². The first-order valence-corrected chi connectivity index (χ1v) is 7.64. The highest BCUT2D eigenvalue weighted by molar-refractivity contribution is 5.32. The zero-order valence-corrected chi connectivity index (χ0v) is 12.9. The molecular formula is C17H27NO2. The monoisotopic (exact) mass is 277 g/mol. The van der Waals surface area contributed by atoms with Crippen LogP contribution in [0.1, 0.15) is 42.0 Å². The van der Waals surface area contributed by atoms with Crippen LogP contribution in [0.5, 0.6) is 0 Å². The lowest BCUT2D eigenvalue weighted by Crippen LogP contribution is -2.28. The van der Waals surface area contributed by atoms with Crippen molar-refractivity contribution >= 4 is 0 Å². The van der Waals surface area contributed by atoms with Gasteiger partial charge in [0.1, 0.15) is 0 Å². The van der Waals surface area contributed by atoms with E-state index in [2.05, 4.69) is 37.4 Å². The molecule has 0 saturated carbocycles. The Hall–Kier alpha value is -0.900. The molecule has 1 fully saturated rings. The minimum absolute atomic E-state index is 0.249. The van der Waals surface area contributed by atoms with Crippen LogP contribution in [-0.4, -0.2) is 33.0 Å². The average molecular weight is 277 g/mol. The summed E-state index contributed by atoms with van der Waals surface area (Å²) in [6, 6.07) is 6.84. The van der Waals surface area contributed by atoms with Crippen LogP contribution < -0.4 is 5.32 Å². The summed E-state index contributed by atoms with van der Waals surface area (Å²) in [7, 11) is 1.99. The van der Waals surface area contributed by atoms with Crippen molar-refractivity contribution in [2.45, 2.75) is 45.3 Å². The van der Waals surface area contributed by atoms with Crippen molar-refractivity contribution in [1.82, 2.24) is 5.32 Å². The molecule has 1 aromatic rings. The summed E-state index contributed by atoms with van der Waals surface area (Å²) in [5.41, 5.74) is 3.95. The second-order valence-electron chi connectivity index (χ2n) is 5.73. The molecule has 1 aliphatic heterocycles. The van der Waals surface area contributed by atoms with Crippen LogP contribution in [0, 0.1) is 13.8 Å². The maximum absolute atomic E-state index is 5.88. The zero-order chi connectivity index (χ0) is 14.4. The van der Waals surface area contributed by atoms with Crippen LogP contribution in [-0.2, 0) is 9.47 Å². The molecular weight excluding hydrogens is 250 g/mol. The molecule has 0 aromatic heterocycles. The van der Waals surface area contributed by atoms with Crippen LogP contribution in [0.2, 0.25) is 0 Å². The third-order valence-corrected chi connectivity index (χ3v) is 4.01. The van der Waals surface area contributed by atoms with Gasteiger partial charge in [-0.1, -0.05) is 23.8 Å². The Morgan fingerprint density at radius 1 is 1.35 bits per heavy atom. The Balaban J connectivity index is 1.85. The molecule has 1 aromatic carbocycles. The fourth-order valence-electron chi connectivity index (χ4n) is 2.80. The third-order valence-electron chi connectivity index (χ3n) is 4.01. The number of aryl methyl sites for hydroxylation is 2. The van der Waals surface area contributed by atoms with Gasteiger partial charge in [0.2, 0.25) is 0 Å². The molecule has 3 nitrogen and oxygen atoms in total. The Kier molecular flexibility index (Phi) is 6.02. The molecule has 112 valence electrons. The maximum Gasteiger partial charge on any atom is 0.0808 e. The normalized spacial score (nSPS) is 20.9. The number of nitrogens with one attached hydrogen (secondary N) is 1. The van der Waals surface area contributed by atoms with Gasteiger partial charge in [-0.05, 0) is 51.3 Å². The molecule has 1 aliphatic rings. The predicted octanol–water partition coefficient (Wildman–Crippen LogP) is 3.15. The molecule has 0 spiro atoms. The molecule has 1 heterocycles. The fourth-order valence-corrected chi connectivity index (χ4v) is 2.80. The second-order valence-corrected chi connectivity index (χ2v) is 5.73. The van der Waals surface area contributed by atoms with Gasteiger partial charge in [0, 0.05) is 6.61 Å². The van der Waals surface area contributed by atoms with Gasteiger partial charge in [-0.2, -0.15) is 0 Å². The first-order chi connectivity index (χ1) is 9.70. The van der Waals surface area contributed by atoms with Gasteiger partial charge in [0.05, 0.1) is 25.4 Å². The Morgan fingerprint density at radius 3 is 2.85 bits per heavy atom. The summed E-state index contributed by atoms with van der Waals surface area (Å²) in [6.45, 7) is 6.59. The number of rotatable bonds is 6. The van der Waals surface area contributed by atoms with E-state index < -0.39 is 0 Å². The van der Waals surface area contributed by atoms with Crippen molar-refractivity contribution in [2.24, 2.45) is 0 Å². The largest absolute Gasteiger partial charge is 0.377 e. The lowest BCUT2D eigenvalue weighted by molar-refractivity contribution is -0.0440. The van der Waals surface area contributed by atoms with E-state index >= 15 is 0 Å². The topological polar surface area (TPSA) is 30.5 Å². The number of benzene rings is 1. The van der Waals surface area contributed by atoms with Crippen LogP contribution in [0.4, 0.5) is 0 Å². The van der Waals surface area contributed by atoms with E-state index in [1.54, 1.807) is 0 Å². The SMILES string of the molecule is CNC(COCC1CCCCO1)c1ccc(C)cc1C. The lowest BCUT2D eigenvalue weighted by atomic mass is 10.00.